The van der Waals surface area contributed by atoms with Crippen molar-refractivity contribution in [1.29, 1.82) is 0 Å². The Bertz CT molecular complexity index is 1330. The third kappa shape index (κ3) is 4.40. The first-order valence-electron chi connectivity index (χ1n) is 11.7. The fourth-order valence-electron chi connectivity index (χ4n) is 4.65. The number of hydrogen-bond acceptors (Lipinski definition) is 5. The molecule has 1 amide bonds. The summed E-state index contributed by atoms with van der Waals surface area (Å²) in [7, 11) is 2.12. The van der Waals surface area contributed by atoms with Gasteiger partial charge in [-0.3, -0.25) is 9.48 Å². The van der Waals surface area contributed by atoms with Crippen molar-refractivity contribution in [1.82, 2.24) is 19.6 Å². The number of amides is 1. The van der Waals surface area contributed by atoms with Crippen molar-refractivity contribution in [2.24, 2.45) is 4.99 Å². The minimum absolute atomic E-state index is 0.148. The average Bonchev–Trinajstić information content (AvgIpc) is 3.52. The van der Waals surface area contributed by atoms with Gasteiger partial charge in [0.25, 0.3) is 5.91 Å². The molecule has 2 aromatic carbocycles. The molecule has 3 aromatic rings. The van der Waals surface area contributed by atoms with Crippen molar-refractivity contribution in [3.8, 4) is 0 Å². The summed E-state index contributed by atoms with van der Waals surface area (Å²) >= 11 is 7.74. The number of hydrogen-bond donors (Lipinski definition) is 0. The van der Waals surface area contributed by atoms with E-state index in [1.807, 2.05) is 23.0 Å². The Morgan fingerprint density at radius 1 is 1.12 bits per heavy atom. The van der Waals surface area contributed by atoms with Gasteiger partial charge in [-0.25, -0.2) is 0 Å². The molecular formula is C26H26ClN5OS. The van der Waals surface area contributed by atoms with Crippen molar-refractivity contribution in [3.05, 3.63) is 69.2 Å². The third-order valence-corrected chi connectivity index (χ3v) is 8.07. The smallest absolute Gasteiger partial charge is 0.286 e. The molecule has 0 unspecified atom stereocenters. The molecule has 0 radical (unpaired) electrons. The first-order valence-corrected chi connectivity index (χ1v) is 12.9. The van der Waals surface area contributed by atoms with E-state index in [0.717, 1.165) is 59.4 Å². The number of halogens is 1. The highest BCUT2D eigenvalue weighted by atomic mass is 35.5. The normalized spacial score (nSPS) is 20.5. The molecule has 34 heavy (non-hydrogen) atoms. The molecule has 6 nitrogen and oxygen atoms in total. The quantitative estimate of drug-likeness (QED) is 0.489. The van der Waals surface area contributed by atoms with Gasteiger partial charge in [0.05, 0.1) is 23.2 Å². The average molecular weight is 492 g/mol. The Morgan fingerprint density at radius 2 is 1.94 bits per heavy atom. The Hall–Kier alpha value is -2.61. The van der Waals surface area contributed by atoms with Crippen LogP contribution in [0.3, 0.4) is 0 Å². The van der Waals surface area contributed by atoms with E-state index in [1.54, 1.807) is 0 Å². The fourth-order valence-corrected chi connectivity index (χ4v) is 5.79. The van der Waals surface area contributed by atoms with Gasteiger partial charge in [0.2, 0.25) is 0 Å². The first-order chi connectivity index (χ1) is 16.5. The summed E-state index contributed by atoms with van der Waals surface area (Å²) < 4.78 is 2.05. The summed E-state index contributed by atoms with van der Waals surface area (Å²) in [5.74, 6) is 0.484. The molecule has 2 aliphatic heterocycles. The van der Waals surface area contributed by atoms with Crippen LogP contribution in [0.2, 0.25) is 5.02 Å². The third-order valence-electron chi connectivity index (χ3n) is 6.79. The van der Waals surface area contributed by atoms with E-state index in [2.05, 4.69) is 57.3 Å². The van der Waals surface area contributed by atoms with Gasteiger partial charge in [-0.05, 0) is 84.6 Å². The lowest BCUT2D eigenvalue weighted by molar-refractivity contribution is -0.113. The Kier molecular flexibility index (Phi) is 5.71. The molecule has 174 valence electrons. The zero-order valence-electron chi connectivity index (χ0n) is 19.1. The van der Waals surface area contributed by atoms with Gasteiger partial charge < -0.3 is 9.80 Å². The van der Waals surface area contributed by atoms with Crippen LogP contribution in [0.4, 0.5) is 0 Å². The Balaban J connectivity index is 1.21. The van der Waals surface area contributed by atoms with Crippen LogP contribution < -0.4 is 0 Å². The van der Waals surface area contributed by atoms with Crippen LogP contribution in [-0.4, -0.2) is 63.9 Å². The van der Waals surface area contributed by atoms with E-state index in [1.165, 1.54) is 35.7 Å². The molecule has 0 bridgehead atoms. The molecule has 1 saturated carbocycles. The zero-order chi connectivity index (χ0) is 23.2. The van der Waals surface area contributed by atoms with E-state index < -0.39 is 0 Å². The number of aromatic nitrogens is 2. The summed E-state index contributed by atoms with van der Waals surface area (Å²) in [6, 6.07) is 12.4. The maximum Gasteiger partial charge on any atom is 0.286 e. The number of piperazine rings is 1. The molecule has 2 fully saturated rings. The number of benzene rings is 2. The van der Waals surface area contributed by atoms with Crippen LogP contribution >= 0.6 is 23.4 Å². The van der Waals surface area contributed by atoms with Crippen molar-refractivity contribution in [2.75, 3.05) is 33.2 Å². The number of aliphatic imine (C=N–C) groups is 1. The van der Waals surface area contributed by atoms with E-state index in [-0.39, 0.29) is 5.91 Å². The number of fused-ring (bicyclic) bond motifs is 1. The predicted octanol–water partition coefficient (Wildman–Crippen LogP) is 4.83. The highest BCUT2D eigenvalue weighted by Crippen LogP contribution is 2.42. The number of rotatable bonds is 4. The van der Waals surface area contributed by atoms with E-state index in [9.17, 15) is 4.79 Å². The van der Waals surface area contributed by atoms with Gasteiger partial charge in [0, 0.05) is 36.6 Å². The molecule has 8 heteroatoms. The molecule has 1 aliphatic carbocycles. The van der Waals surface area contributed by atoms with Gasteiger partial charge >= 0.3 is 0 Å². The number of likely N-dealkylation sites (N-methyl/N-ethyl adjacent to an activating group) is 1. The SMILES string of the molecule is CN1CCN(C2=NC(=O)/C(=C/c3ccc4c(cnn4Cc4ccc(Cl)cc4C4CC4)c3)S2)CC1. The van der Waals surface area contributed by atoms with Gasteiger partial charge in [-0.2, -0.15) is 10.1 Å². The van der Waals surface area contributed by atoms with Crippen molar-refractivity contribution in [3.63, 3.8) is 0 Å². The molecule has 0 atom stereocenters. The van der Waals surface area contributed by atoms with E-state index in [0.29, 0.717) is 10.8 Å². The molecule has 1 aromatic heterocycles. The molecule has 0 spiro atoms. The highest BCUT2D eigenvalue weighted by Gasteiger charge is 2.28. The summed E-state index contributed by atoms with van der Waals surface area (Å²) in [6.45, 7) is 4.52. The summed E-state index contributed by atoms with van der Waals surface area (Å²) in [6.07, 6.45) is 6.32. The fraction of sp³-hybridized carbons (Fsp3) is 0.346. The second-order valence-electron chi connectivity index (χ2n) is 9.34. The zero-order valence-corrected chi connectivity index (χ0v) is 20.6. The molecular weight excluding hydrogens is 466 g/mol. The maximum atomic E-state index is 12.5. The minimum atomic E-state index is -0.148. The number of carbonyl (C=O) groups excluding carboxylic acids is 1. The van der Waals surface area contributed by atoms with Gasteiger partial charge in [-0.1, -0.05) is 23.7 Å². The van der Waals surface area contributed by atoms with Crippen LogP contribution in [-0.2, 0) is 11.3 Å². The van der Waals surface area contributed by atoms with Gasteiger partial charge in [-0.15, -0.1) is 0 Å². The maximum absolute atomic E-state index is 12.5. The second kappa shape index (κ2) is 8.87. The number of thioether (sulfide) groups is 1. The predicted molar refractivity (Wildman–Crippen MR) is 139 cm³/mol. The van der Waals surface area contributed by atoms with Crippen molar-refractivity contribution < 1.29 is 4.79 Å². The largest absolute Gasteiger partial charge is 0.348 e. The molecule has 3 aliphatic rings. The number of amidine groups is 1. The van der Waals surface area contributed by atoms with Gasteiger partial charge in [0.15, 0.2) is 5.17 Å². The van der Waals surface area contributed by atoms with E-state index in [4.69, 9.17) is 11.6 Å². The van der Waals surface area contributed by atoms with Crippen molar-refractivity contribution in [2.45, 2.75) is 25.3 Å². The number of carbonyl (C=O) groups is 1. The summed E-state index contributed by atoms with van der Waals surface area (Å²) in [5.41, 5.74) is 4.71. The van der Waals surface area contributed by atoms with Crippen LogP contribution in [0.1, 0.15) is 35.4 Å². The Morgan fingerprint density at radius 3 is 2.74 bits per heavy atom. The standard InChI is InChI=1S/C26H26ClN5OS/c1-30-8-10-31(11-9-30)26-29-25(33)24(34-26)13-17-2-7-23-20(12-17)15-28-32(23)16-19-5-6-21(27)14-22(19)18-3-4-18/h2,5-7,12-15,18H,3-4,8-11,16H2,1H3/b24-13-. The van der Waals surface area contributed by atoms with Crippen LogP contribution in [0, 0.1) is 0 Å². The van der Waals surface area contributed by atoms with Crippen LogP contribution in [0.15, 0.2) is 52.5 Å². The van der Waals surface area contributed by atoms with Crippen LogP contribution in [0.25, 0.3) is 17.0 Å². The van der Waals surface area contributed by atoms with Gasteiger partial charge in [0.1, 0.15) is 0 Å². The molecule has 1 saturated heterocycles. The topological polar surface area (TPSA) is 53.7 Å². The highest BCUT2D eigenvalue weighted by molar-refractivity contribution is 8.18. The summed E-state index contributed by atoms with van der Waals surface area (Å²) in [5, 5.41) is 7.35. The molecule has 6 rings (SSSR count). The number of nitrogens with zero attached hydrogens (tertiary/aromatic N) is 5. The van der Waals surface area contributed by atoms with Crippen molar-refractivity contribution >= 4 is 51.4 Å². The lowest BCUT2D eigenvalue weighted by Crippen LogP contribution is -2.46. The van der Waals surface area contributed by atoms with E-state index >= 15 is 0 Å². The first kappa shape index (κ1) is 21.9. The molecule has 3 heterocycles. The van der Waals surface area contributed by atoms with Crippen LogP contribution in [0.5, 0.6) is 0 Å². The summed E-state index contributed by atoms with van der Waals surface area (Å²) in [4.78, 5) is 22.0. The lowest BCUT2D eigenvalue weighted by atomic mass is 10.0. The Labute approximate surface area is 208 Å². The minimum Gasteiger partial charge on any atom is -0.348 e. The molecule has 0 N–H and O–H groups in total. The second-order valence-corrected chi connectivity index (χ2v) is 10.8. The monoisotopic (exact) mass is 491 g/mol. The lowest BCUT2D eigenvalue weighted by Gasteiger charge is -2.32.